The Kier molecular flexibility index (Phi) is 5.76. The zero-order valence-corrected chi connectivity index (χ0v) is 16.8. The zero-order chi connectivity index (χ0) is 20.3. The molecule has 0 fully saturated rings. The first kappa shape index (κ1) is 20.0. The number of hydrogen-bond donors (Lipinski definition) is 2. The zero-order valence-electron chi connectivity index (χ0n) is 16.0. The molecule has 8 nitrogen and oxygen atoms in total. The molecule has 0 saturated heterocycles. The van der Waals surface area contributed by atoms with Crippen LogP contribution in [0.3, 0.4) is 0 Å². The van der Waals surface area contributed by atoms with Crippen molar-refractivity contribution in [2.45, 2.75) is 38.3 Å². The number of aromatic nitrogens is 3. The molecular weight excluding hydrogens is 378 g/mol. The Morgan fingerprint density at radius 3 is 2.68 bits per heavy atom. The van der Waals surface area contributed by atoms with Crippen LogP contribution in [0.1, 0.15) is 18.3 Å². The van der Waals surface area contributed by atoms with Crippen LogP contribution in [0, 0.1) is 13.8 Å². The standard InChI is InChI=1S/C19H23N5O3S/c1-13-10-15(3)24(23-13)12-14(2)22-18(25)11-21-28(26,27)17-8-4-6-16-7-5-9-20-19(16)17/h4-10,14,21H,11-12H2,1-3H3,(H,22,25)/t14-/m0/s1. The quantitative estimate of drug-likeness (QED) is 0.625. The van der Waals surface area contributed by atoms with Gasteiger partial charge in [-0.25, -0.2) is 13.1 Å². The maximum absolute atomic E-state index is 12.6. The highest BCUT2D eigenvalue weighted by atomic mass is 32.2. The summed E-state index contributed by atoms with van der Waals surface area (Å²) < 4.78 is 29.4. The van der Waals surface area contributed by atoms with Gasteiger partial charge in [0.15, 0.2) is 0 Å². The first-order valence-corrected chi connectivity index (χ1v) is 10.4. The molecule has 3 rings (SSSR count). The molecule has 1 amide bonds. The van der Waals surface area contributed by atoms with Gasteiger partial charge in [-0.3, -0.25) is 14.5 Å². The van der Waals surface area contributed by atoms with E-state index in [9.17, 15) is 13.2 Å². The molecule has 1 atom stereocenters. The maximum atomic E-state index is 12.6. The highest BCUT2D eigenvalue weighted by molar-refractivity contribution is 7.89. The predicted octanol–water partition coefficient (Wildman–Crippen LogP) is 1.53. The monoisotopic (exact) mass is 401 g/mol. The number of rotatable bonds is 7. The molecule has 0 radical (unpaired) electrons. The van der Waals surface area contributed by atoms with E-state index in [1.165, 1.54) is 12.3 Å². The van der Waals surface area contributed by atoms with Crippen LogP contribution in [0.15, 0.2) is 47.5 Å². The number of hydrogen-bond acceptors (Lipinski definition) is 5. The van der Waals surface area contributed by atoms with E-state index in [2.05, 4.69) is 20.1 Å². The van der Waals surface area contributed by atoms with E-state index in [1.807, 2.05) is 31.5 Å². The lowest BCUT2D eigenvalue weighted by Crippen LogP contribution is -2.42. The molecule has 9 heteroatoms. The molecule has 2 heterocycles. The lowest BCUT2D eigenvalue weighted by Gasteiger charge is -2.15. The second-order valence-corrected chi connectivity index (χ2v) is 8.47. The third kappa shape index (κ3) is 4.55. The minimum Gasteiger partial charge on any atom is -0.351 e. The van der Waals surface area contributed by atoms with Crippen LogP contribution in [0.5, 0.6) is 0 Å². The SMILES string of the molecule is Cc1cc(C)n(C[C@H](C)NC(=O)CNS(=O)(=O)c2cccc3cccnc23)n1. The van der Waals surface area contributed by atoms with Crippen molar-refractivity contribution in [3.05, 3.63) is 54.0 Å². The van der Waals surface area contributed by atoms with Crippen LogP contribution >= 0.6 is 0 Å². The Morgan fingerprint density at radius 2 is 1.96 bits per heavy atom. The van der Waals surface area contributed by atoms with E-state index < -0.39 is 15.9 Å². The van der Waals surface area contributed by atoms with Crippen LogP contribution < -0.4 is 10.0 Å². The summed E-state index contributed by atoms with van der Waals surface area (Å²) >= 11 is 0. The number of carbonyl (C=O) groups excluding carboxylic acids is 1. The van der Waals surface area contributed by atoms with Gasteiger partial charge < -0.3 is 5.32 Å². The molecule has 148 valence electrons. The lowest BCUT2D eigenvalue weighted by atomic mass is 10.2. The number of pyridine rings is 1. The normalized spacial score (nSPS) is 12.8. The molecule has 3 aromatic rings. The van der Waals surface area contributed by atoms with Gasteiger partial charge in [-0.2, -0.15) is 5.10 Å². The number of nitrogens with zero attached hydrogens (tertiary/aromatic N) is 3. The molecule has 0 aliphatic rings. The number of sulfonamides is 1. The minimum absolute atomic E-state index is 0.0501. The van der Waals surface area contributed by atoms with Crippen molar-refractivity contribution in [2.75, 3.05) is 6.54 Å². The van der Waals surface area contributed by atoms with Gasteiger partial charge in [0, 0.05) is 23.3 Å². The Labute approximate surface area is 164 Å². The van der Waals surface area contributed by atoms with Gasteiger partial charge in [0.2, 0.25) is 15.9 Å². The number of amides is 1. The van der Waals surface area contributed by atoms with Crippen molar-refractivity contribution in [1.29, 1.82) is 0 Å². The molecule has 0 aliphatic heterocycles. The number of para-hydroxylation sites is 1. The summed E-state index contributed by atoms with van der Waals surface area (Å²) in [7, 11) is -3.87. The van der Waals surface area contributed by atoms with Crippen molar-refractivity contribution in [3.63, 3.8) is 0 Å². The van der Waals surface area contributed by atoms with Crippen LogP contribution in [-0.2, 0) is 21.4 Å². The van der Waals surface area contributed by atoms with Gasteiger partial charge in [-0.15, -0.1) is 0 Å². The fraction of sp³-hybridized carbons (Fsp3) is 0.316. The van der Waals surface area contributed by atoms with Crippen molar-refractivity contribution in [2.24, 2.45) is 0 Å². The highest BCUT2D eigenvalue weighted by Gasteiger charge is 2.19. The third-order valence-electron chi connectivity index (χ3n) is 4.27. The Hall–Kier alpha value is -2.78. The molecule has 0 unspecified atom stereocenters. The Morgan fingerprint density at radius 1 is 1.21 bits per heavy atom. The number of carbonyl (C=O) groups is 1. The second kappa shape index (κ2) is 8.07. The topological polar surface area (TPSA) is 106 Å². The van der Waals surface area contributed by atoms with Gasteiger partial charge in [-0.1, -0.05) is 18.2 Å². The van der Waals surface area contributed by atoms with Gasteiger partial charge in [0.25, 0.3) is 0 Å². The number of nitrogens with one attached hydrogen (secondary N) is 2. The lowest BCUT2D eigenvalue weighted by molar-refractivity contribution is -0.120. The minimum atomic E-state index is -3.87. The second-order valence-electron chi connectivity index (χ2n) is 6.73. The van der Waals surface area contributed by atoms with Crippen LogP contribution in [0.2, 0.25) is 0 Å². The van der Waals surface area contributed by atoms with Gasteiger partial charge in [0.1, 0.15) is 4.90 Å². The number of fused-ring (bicyclic) bond motifs is 1. The molecule has 0 spiro atoms. The molecule has 28 heavy (non-hydrogen) atoms. The summed E-state index contributed by atoms with van der Waals surface area (Å²) in [5.41, 5.74) is 2.28. The van der Waals surface area contributed by atoms with Crippen molar-refractivity contribution < 1.29 is 13.2 Å². The summed E-state index contributed by atoms with van der Waals surface area (Å²) in [4.78, 5) is 16.4. The van der Waals surface area contributed by atoms with Crippen molar-refractivity contribution >= 4 is 26.8 Å². The van der Waals surface area contributed by atoms with E-state index in [0.717, 1.165) is 11.4 Å². The third-order valence-corrected chi connectivity index (χ3v) is 5.70. The fourth-order valence-corrected chi connectivity index (χ4v) is 4.18. The largest absolute Gasteiger partial charge is 0.351 e. The summed E-state index contributed by atoms with van der Waals surface area (Å²) in [6.45, 7) is 5.85. The van der Waals surface area contributed by atoms with E-state index in [4.69, 9.17) is 0 Å². The highest BCUT2D eigenvalue weighted by Crippen LogP contribution is 2.20. The van der Waals surface area contributed by atoms with Gasteiger partial charge in [0.05, 0.1) is 24.3 Å². The molecular formula is C19H23N5O3S. The van der Waals surface area contributed by atoms with Gasteiger partial charge in [-0.05, 0) is 39.0 Å². The first-order valence-electron chi connectivity index (χ1n) is 8.90. The number of benzene rings is 1. The maximum Gasteiger partial charge on any atom is 0.243 e. The Bertz CT molecular complexity index is 1100. The van der Waals surface area contributed by atoms with E-state index >= 15 is 0 Å². The smallest absolute Gasteiger partial charge is 0.243 e. The average molecular weight is 401 g/mol. The molecule has 2 aromatic heterocycles. The van der Waals surface area contributed by atoms with E-state index in [-0.39, 0.29) is 17.5 Å². The van der Waals surface area contributed by atoms with E-state index in [0.29, 0.717) is 17.4 Å². The Balaban J connectivity index is 1.62. The van der Waals surface area contributed by atoms with Crippen LogP contribution in [0.25, 0.3) is 10.9 Å². The summed E-state index contributed by atoms with van der Waals surface area (Å²) in [5.74, 6) is -0.411. The van der Waals surface area contributed by atoms with Crippen molar-refractivity contribution in [3.8, 4) is 0 Å². The molecule has 2 N–H and O–H groups in total. The summed E-state index contributed by atoms with van der Waals surface area (Å²) in [5, 5.41) is 7.86. The van der Waals surface area contributed by atoms with Crippen LogP contribution in [-0.4, -0.2) is 41.7 Å². The molecule has 0 aliphatic carbocycles. The summed E-state index contributed by atoms with van der Waals surface area (Å²) in [6.07, 6.45) is 1.54. The number of aryl methyl sites for hydroxylation is 2. The summed E-state index contributed by atoms with van der Waals surface area (Å²) in [6, 6.07) is 10.2. The average Bonchev–Trinajstić information content (AvgIpc) is 2.96. The van der Waals surface area contributed by atoms with E-state index in [1.54, 1.807) is 24.3 Å². The molecule has 0 bridgehead atoms. The van der Waals surface area contributed by atoms with Crippen molar-refractivity contribution in [1.82, 2.24) is 24.8 Å². The first-order chi connectivity index (χ1) is 13.3. The molecule has 0 saturated carbocycles. The molecule has 1 aromatic carbocycles. The van der Waals surface area contributed by atoms with Crippen LogP contribution in [0.4, 0.5) is 0 Å². The fourth-order valence-electron chi connectivity index (χ4n) is 3.02. The van der Waals surface area contributed by atoms with Gasteiger partial charge >= 0.3 is 0 Å². The predicted molar refractivity (Wildman–Crippen MR) is 106 cm³/mol.